The molecule has 2 aromatic rings. The van der Waals surface area contributed by atoms with Crippen molar-refractivity contribution in [2.75, 3.05) is 18.4 Å². The zero-order chi connectivity index (χ0) is 11.5. The van der Waals surface area contributed by atoms with Crippen molar-refractivity contribution in [2.24, 2.45) is 5.73 Å². The van der Waals surface area contributed by atoms with Crippen LogP contribution in [0.15, 0.2) is 16.8 Å². The molecule has 0 aliphatic carbocycles. The molecule has 17 heavy (non-hydrogen) atoms. The van der Waals surface area contributed by atoms with Crippen LogP contribution in [-0.2, 0) is 0 Å². The highest BCUT2D eigenvalue weighted by molar-refractivity contribution is 5.93. The standard InChI is InChI=1S/C8H9N5O3.ClH/c9-3-4-10-5-1-2-6(13(14)15)8-7(5)11-16-12-8;/h1-2,10H,3-4,9H2;1H. The van der Waals surface area contributed by atoms with Crippen LogP contribution in [-0.4, -0.2) is 28.3 Å². The minimum Gasteiger partial charge on any atom is -0.382 e. The van der Waals surface area contributed by atoms with Crippen LogP contribution in [0.25, 0.3) is 11.0 Å². The second-order valence-electron chi connectivity index (χ2n) is 3.07. The van der Waals surface area contributed by atoms with Crippen LogP contribution in [0.5, 0.6) is 0 Å². The molecule has 2 rings (SSSR count). The number of benzene rings is 1. The van der Waals surface area contributed by atoms with Crippen molar-refractivity contribution in [3.63, 3.8) is 0 Å². The molecule has 9 heteroatoms. The monoisotopic (exact) mass is 259 g/mol. The van der Waals surface area contributed by atoms with Gasteiger partial charge in [0.05, 0.1) is 10.6 Å². The molecule has 0 spiro atoms. The van der Waals surface area contributed by atoms with Crippen molar-refractivity contribution in [1.29, 1.82) is 0 Å². The maximum absolute atomic E-state index is 10.7. The van der Waals surface area contributed by atoms with Crippen LogP contribution < -0.4 is 11.1 Å². The third-order valence-corrected chi connectivity index (χ3v) is 2.05. The second kappa shape index (κ2) is 5.41. The van der Waals surface area contributed by atoms with E-state index in [2.05, 4.69) is 20.3 Å². The van der Waals surface area contributed by atoms with Crippen LogP contribution in [0.1, 0.15) is 0 Å². The van der Waals surface area contributed by atoms with Gasteiger partial charge >= 0.3 is 5.69 Å². The van der Waals surface area contributed by atoms with Gasteiger partial charge in [-0.2, -0.15) is 0 Å². The van der Waals surface area contributed by atoms with Crippen LogP contribution in [0.3, 0.4) is 0 Å². The lowest BCUT2D eigenvalue weighted by Crippen LogP contribution is -2.13. The van der Waals surface area contributed by atoms with E-state index in [1.54, 1.807) is 6.07 Å². The number of nitrogens with two attached hydrogens (primary N) is 1. The maximum atomic E-state index is 10.7. The minimum atomic E-state index is -0.529. The third-order valence-electron chi connectivity index (χ3n) is 2.05. The Kier molecular flexibility index (Phi) is 4.18. The Balaban J connectivity index is 0.00000144. The van der Waals surface area contributed by atoms with Gasteiger partial charge in [0.1, 0.15) is 0 Å². The average molecular weight is 260 g/mol. The van der Waals surface area contributed by atoms with E-state index >= 15 is 0 Å². The Labute approximate surface area is 102 Å². The van der Waals surface area contributed by atoms with Crippen molar-refractivity contribution in [2.45, 2.75) is 0 Å². The predicted molar refractivity (Wildman–Crippen MR) is 63.3 cm³/mol. The van der Waals surface area contributed by atoms with Gasteiger partial charge in [0, 0.05) is 19.2 Å². The Hall–Kier alpha value is -1.93. The zero-order valence-electron chi connectivity index (χ0n) is 8.62. The number of nitro groups is 1. The topological polar surface area (TPSA) is 120 Å². The number of hydrogen-bond acceptors (Lipinski definition) is 7. The van der Waals surface area contributed by atoms with E-state index in [1.165, 1.54) is 6.07 Å². The van der Waals surface area contributed by atoms with Gasteiger partial charge in [0.2, 0.25) is 5.52 Å². The summed E-state index contributed by atoms with van der Waals surface area (Å²) >= 11 is 0. The van der Waals surface area contributed by atoms with Gasteiger partial charge in [-0.05, 0) is 16.4 Å². The van der Waals surface area contributed by atoms with E-state index < -0.39 is 4.92 Å². The molecule has 0 fully saturated rings. The largest absolute Gasteiger partial charge is 0.382 e. The number of aromatic nitrogens is 2. The quantitative estimate of drug-likeness (QED) is 0.619. The molecule has 3 N–H and O–H groups in total. The molecular weight excluding hydrogens is 250 g/mol. The van der Waals surface area contributed by atoms with E-state index in [9.17, 15) is 10.1 Å². The lowest BCUT2D eigenvalue weighted by Gasteiger charge is -2.03. The molecule has 1 aromatic carbocycles. The van der Waals surface area contributed by atoms with Crippen molar-refractivity contribution in [1.82, 2.24) is 10.3 Å². The summed E-state index contributed by atoms with van der Waals surface area (Å²) in [5.74, 6) is 0. The van der Waals surface area contributed by atoms with Crippen molar-refractivity contribution >= 4 is 34.8 Å². The zero-order valence-corrected chi connectivity index (χ0v) is 9.44. The first-order chi connectivity index (χ1) is 7.74. The highest BCUT2D eigenvalue weighted by atomic mass is 35.5. The number of nitro benzene ring substituents is 1. The predicted octanol–water partition coefficient (Wildman–Crippen LogP) is 0.923. The SMILES string of the molecule is Cl.NCCNc1ccc([N+](=O)[O-])c2nonc12. The average Bonchev–Trinajstić information content (AvgIpc) is 2.74. The summed E-state index contributed by atoms with van der Waals surface area (Å²) in [6.07, 6.45) is 0. The van der Waals surface area contributed by atoms with Crippen LogP contribution in [0, 0.1) is 10.1 Å². The number of nitrogens with one attached hydrogen (secondary N) is 1. The van der Waals surface area contributed by atoms with Gasteiger partial charge in [-0.25, -0.2) is 4.63 Å². The second-order valence-corrected chi connectivity index (χ2v) is 3.07. The molecule has 0 aliphatic rings. The number of nitrogens with zero attached hydrogens (tertiary/aromatic N) is 3. The molecule has 92 valence electrons. The first-order valence-electron chi connectivity index (χ1n) is 4.57. The highest BCUT2D eigenvalue weighted by Crippen LogP contribution is 2.28. The molecule has 0 bridgehead atoms. The Morgan fingerprint density at radius 2 is 2.12 bits per heavy atom. The summed E-state index contributed by atoms with van der Waals surface area (Å²) in [6.45, 7) is 0.990. The Bertz CT molecular complexity index is 529. The summed E-state index contributed by atoms with van der Waals surface area (Å²) < 4.78 is 4.50. The molecule has 0 amide bonds. The van der Waals surface area contributed by atoms with E-state index in [-0.39, 0.29) is 23.6 Å². The van der Waals surface area contributed by atoms with Crippen LogP contribution >= 0.6 is 12.4 Å². The molecule has 0 atom stereocenters. The molecule has 0 saturated heterocycles. The normalized spacial score (nSPS) is 9.94. The third kappa shape index (κ3) is 2.43. The van der Waals surface area contributed by atoms with Crippen molar-refractivity contribution in [3.05, 3.63) is 22.2 Å². The summed E-state index contributed by atoms with van der Waals surface area (Å²) in [4.78, 5) is 10.2. The molecule has 0 aliphatic heterocycles. The van der Waals surface area contributed by atoms with Gasteiger partial charge < -0.3 is 11.1 Å². The van der Waals surface area contributed by atoms with Crippen molar-refractivity contribution < 1.29 is 9.55 Å². The lowest BCUT2D eigenvalue weighted by molar-refractivity contribution is -0.383. The number of rotatable bonds is 4. The van der Waals surface area contributed by atoms with Crippen molar-refractivity contribution in [3.8, 4) is 0 Å². The first kappa shape index (κ1) is 13.1. The van der Waals surface area contributed by atoms with E-state index in [4.69, 9.17) is 5.73 Å². The van der Waals surface area contributed by atoms with Crippen LogP contribution in [0.4, 0.5) is 11.4 Å². The van der Waals surface area contributed by atoms with Gasteiger partial charge in [-0.1, -0.05) is 0 Å². The fourth-order valence-corrected chi connectivity index (χ4v) is 1.35. The Morgan fingerprint density at radius 1 is 1.41 bits per heavy atom. The fourth-order valence-electron chi connectivity index (χ4n) is 1.35. The molecule has 0 unspecified atom stereocenters. The van der Waals surface area contributed by atoms with Gasteiger partial charge in [-0.15, -0.1) is 12.4 Å². The summed E-state index contributed by atoms with van der Waals surface area (Å²) in [5.41, 5.74) is 6.30. The smallest absolute Gasteiger partial charge is 0.300 e. The number of hydrogen-bond donors (Lipinski definition) is 2. The van der Waals surface area contributed by atoms with E-state index in [1.807, 2.05) is 0 Å². The minimum absolute atomic E-state index is 0. The van der Waals surface area contributed by atoms with E-state index in [0.29, 0.717) is 24.3 Å². The highest BCUT2D eigenvalue weighted by Gasteiger charge is 2.18. The lowest BCUT2D eigenvalue weighted by atomic mass is 10.2. The summed E-state index contributed by atoms with van der Waals surface area (Å²) in [7, 11) is 0. The molecule has 1 heterocycles. The maximum Gasteiger partial charge on any atom is 0.300 e. The fraction of sp³-hybridized carbons (Fsp3) is 0.250. The molecular formula is C8H10ClN5O3. The van der Waals surface area contributed by atoms with Gasteiger partial charge in [0.25, 0.3) is 0 Å². The molecule has 8 nitrogen and oxygen atoms in total. The van der Waals surface area contributed by atoms with Crippen LogP contribution in [0.2, 0.25) is 0 Å². The molecule has 1 aromatic heterocycles. The molecule has 0 saturated carbocycles. The summed E-state index contributed by atoms with van der Waals surface area (Å²) in [5, 5.41) is 20.8. The molecule has 0 radical (unpaired) electrons. The number of fused-ring (bicyclic) bond motifs is 1. The van der Waals surface area contributed by atoms with Gasteiger partial charge in [-0.3, -0.25) is 10.1 Å². The van der Waals surface area contributed by atoms with E-state index in [0.717, 1.165) is 0 Å². The summed E-state index contributed by atoms with van der Waals surface area (Å²) in [6, 6.07) is 2.91. The number of non-ortho nitro benzene ring substituents is 1. The Morgan fingerprint density at radius 3 is 2.76 bits per heavy atom. The first-order valence-corrected chi connectivity index (χ1v) is 4.57. The van der Waals surface area contributed by atoms with Gasteiger partial charge in [0.15, 0.2) is 5.52 Å². The number of anilines is 1. The number of halogens is 1.